The van der Waals surface area contributed by atoms with E-state index in [1.807, 2.05) is 0 Å². The summed E-state index contributed by atoms with van der Waals surface area (Å²) in [7, 11) is 0. The Labute approximate surface area is 62.8 Å². The van der Waals surface area contributed by atoms with Crippen molar-refractivity contribution in [3.05, 3.63) is 35.9 Å². The highest BCUT2D eigenvalue weighted by Gasteiger charge is 2.01. The van der Waals surface area contributed by atoms with Gasteiger partial charge in [-0.25, -0.2) is 0 Å². The molecule has 0 aromatic heterocycles. The van der Waals surface area contributed by atoms with Gasteiger partial charge in [0.2, 0.25) is 0 Å². The summed E-state index contributed by atoms with van der Waals surface area (Å²) in [5, 5.41) is 0. The van der Waals surface area contributed by atoms with Crippen LogP contribution in [0, 0.1) is 0 Å². The molecule has 0 fully saturated rings. The van der Waals surface area contributed by atoms with Gasteiger partial charge in [0.25, 0.3) is 0 Å². The highest BCUT2D eigenvalue weighted by Crippen LogP contribution is 2.21. The molecule has 0 bridgehead atoms. The van der Waals surface area contributed by atoms with E-state index in [1.165, 1.54) is 0 Å². The van der Waals surface area contributed by atoms with Gasteiger partial charge in [0.1, 0.15) is 12.4 Å². The molecule has 1 aromatic carbocycles. The maximum absolute atomic E-state index is 7.54. The first kappa shape index (κ1) is 3.81. The highest BCUT2D eigenvalue weighted by atomic mass is 16.5. The fourth-order valence-electron chi connectivity index (χ4n) is 0.937. The number of para-hydroxylation sites is 1. The fourth-order valence-corrected chi connectivity index (χ4v) is 0.937. The molecule has 10 heavy (non-hydrogen) atoms. The molecule has 0 N–H and O–H groups in total. The van der Waals surface area contributed by atoms with Crippen LogP contribution in [-0.4, -0.2) is 6.61 Å². The first-order valence-corrected chi connectivity index (χ1v) is 3.18. The molecule has 0 aliphatic carbocycles. The van der Waals surface area contributed by atoms with E-state index in [1.54, 1.807) is 24.3 Å². The zero-order chi connectivity index (χ0) is 8.55. The van der Waals surface area contributed by atoms with E-state index in [-0.39, 0.29) is 0 Å². The standard InChI is InChI=1S/C9H8O/c1-2-6-9-8(4-1)5-3-7-10-9/h1-6H,7H2/i2D,5D. The van der Waals surface area contributed by atoms with Crippen molar-refractivity contribution in [3.8, 4) is 5.75 Å². The monoisotopic (exact) mass is 134 g/mol. The molecule has 50 valence electrons. The predicted molar refractivity (Wildman–Crippen MR) is 41.0 cm³/mol. The highest BCUT2D eigenvalue weighted by molar-refractivity contribution is 5.58. The minimum Gasteiger partial charge on any atom is -0.489 e. The van der Waals surface area contributed by atoms with E-state index in [2.05, 4.69) is 0 Å². The molecule has 1 aromatic rings. The molecule has 1 aliphatic heterocycles. The number of hydrogen-bond donors (Lipinski definition) is 0. The normalized spacial score (nSPS) is 17.8. The number of hydrogen-bond acceptors (Lipinski definition) is 1. The molecule has 0 unspecified atom stereocenters. The van der Waals surface area contributed by atoms with Crippen molar-refractivity contribution in [3.63, 3.8) is 0 Å². The molecule has 0 saturated carbocycles. The maximum Gasteiger partial charge on any atom is 0.126 e. The largest absolute Gasteiger partial charge is 0.489 e. The number of rotatable bonds is 0. The zero-order valence-corrected chi connectivity index (χ0v) is 5.42. The molecule has 0 saturated heterocycles. The first-order valence-electron chi connectivity index (χ1n) is 4.18. The molecule has 1 aliphatic rings. The Morgan fingerprint density at radius 3 is 3.50 bits per heavy atom. The lowest BCUT2D eigenvalue weighted by atomic mass is 10.1. The van der Waals surface area contributed by atoms with Gasteiger partial charge < -0.3 is 4.74 Å². The summed E-state index contributed by atoms with van der Waals surface area (Å²) in [6, 6.07) is 5.95. The second-order valence-corrected chi connectivity index (χ2v) is 2.08. The second-order valence-electron chi connectivity index (χ2n) is 2.08. The smallest absolute Gasteiger partial charge is 0.126 e. The molecular formula is C9H8O. The van der Waals surface area contributed by atoms with Gasteiger partial charge in [-0.15, -0.1) is 0 Å². The third-order valence-electron chi connectivity index (χ3n) is 1.41. The van der Waals surface area contributed by atoms with Crippen molar-refractivity contribution in [2.24, 2.45) is 0 Å². The van der Waals surface area contributed by atoms with Crippen molar-refractivity contribution >= 4 is 6.05 Å². The summed E-state index contributed by atoms with van der Waals surface area (Å²) in [5.74, 6) is 0.648. The van der Waals surface area contributed by atoms with Gasteiger partial charge in [-0.2, -0.15) is 0 Å². The quantitative estimate of drug-likeness (QED) is 0.528. The van der Waals surface area contributed by atoms with Crippen LogP contribution < -0.4 is 4.74 Å². The maximum atomic E-state index is 7.54. The molecule has 1 heterocycles. The minimum atomic E-state index is 0.420. The summed E-state index contributed by atoms with van der Waals surface area (Å²) >= 11 is 0. The van der Waals surface area contributed by atoms with E-state index < -0.39 is 0 Å². The number of ether oxygens (including phenoxy) is 1. The SMILES string of the molecule is [2H]C1=CCOc2cc([2H])ccc21. The van der Waals surface area contributed by atoms with Crippen LogP contribution in [0.25, 0.3) is 6.05 Å². The van der Waals surface area contributed by atoms with Crippen LogP contribution in [0.15, 0.2) is 30.3 Å². The van der Waals surface area contributed by atoms with E-state index >= 15 is 0 Å². The minimum absolute atomic E-state index is 0.420. The Kier molecular flexibility index (Phi) is 0.831. The third-order valence-corrected chi connectivity index (χ3v) is 1.41. The van der Waals surface area contributed by atoms with Gasteiger partial charge in [0.05, 0.1) is 2.74 Å². The Balaban J connectivity index is 2.56. The Hall–Kier alpha value is -1.24. The average Bonchev–Trinajstić information content (AvgIpc) is 2.04. The van der Waals surface area contributed by atoms with Crippen LogP contribution in [0.5, 0.6) is 5.75 Å². The average molecular weight is 134 g/mol. The van der Waals surface area contributed by atoms with Crippen molar-refractivity contribution < 1.29 is 7.48 Å². The lowest BCUT2D eigenvalue weighted by Crippen LogP contribution is -1.98. The van der Waals surface area contributed by atoms with Gasteiger partial charge in [0, 0.05) is 5.56 Å². The third kappa shape index (κ3) is 0.798. The molecule has 2 rings (SSSR count). The molecule has 0 spiro atoms. The second kappa shape index (κ2) is 2.18. The topological polar surface area (TPSA) is 9.23 Å². The fraction of sp³-hybridized carbons (Fsp3) is 0.111. The molecule has 0 atom stereocenters. The molecule has 1 heteroatoms. The van der Waals surface area contributed by atoms with E-state index in [4.69, 9.17) is 7.48 Å². The molecule has 1 nitrogen and oxygen atoms in total. The molecule has 0 amide bonds. The number of fused-ring (bicyclic) bond motifs is 1. The molecular weight excluding hydrogens is 124 g/mol. The van der Waals surface area contributed by atoms with E-state index in [0.717, 1.165) is 5.56 Å². The Morgan fingerprint density at radius 1 is 1.50 bits per heavy atom. The number of benzene rings is 1. The van der Waals surface area contributed by atoms with Crippen LogP contribution in [0.3, 0.4) is 0 Å². The predicted octanol–water partition coefficient (Wildman–Crippen LogP) is 2.09. The summed E-state index contributed by atoms with van der Waals surface area (Å²) in [6.45, 7) is 0.440. The van der Waals surface area contributed by atoms with Crippen molar-refractivity contribution in [1.29, 1.82) is 0 Å². The van der Waals surface area contributed by atoms with Crippen molar-refractivity contribution in [2.75, 3.05) is 6.61 Å². The van der Waals surface area contributed by atoms with Crippen LogP contribution >= 0.6 is 0 Å². The summed E-state index contributed by atoms with van der Waals surface area (Å²) in [6.07, 6.45) is 1.71. The van der Waals surface area contributed by atoms with Crippen molar-refractivity contribution in [2.45, 2.75) is 0 Å². The molecule has 0 radical (unpaired) electrons. The Bertz CT molecular complexity index is 344. The summed E-state index contributed by atoms with van der Waals surface area (Å²) in [5.41, 5.74) is 0.775. The van der Waals surface area contributed by atoms with E-state index in [9.17, 15) is 0 Å². The van der Waals surface area contributed by atoms with Gasteiger partial charge in [-0.1, -0.05) is 24.2 Å². The van der Waals surface area contributed by atoms with Gasteiger partial charge >= 0.3 is 0 Å². The van der Waals surface area contributed by atoms with Crippen LogP contribution in [0.1, 0.15) is 8.30 Å². The van der Waals surface area contributed by atoms with Crippen molar-refractivity contribution in [1.82, 2.24) is 0 Å². The van der Waals surface area contributed by atoms with Crippen LogP contribution in [0.4, 0.5) is 0 Å². The summed E-state index contributed by atoms with van der Waals surface area (Å²) < 4.78 is 20.1. The van der Waals surface area contributed by atoms with Gasteiger partial charge in [-0.05, 0) is 12.1 Å². The van der Waals surface area contributed by atoms with Crippen LogP contribution in [-0.2, 0) is 0 Å². The van der Waals surface area contributed by atoms with E-state index in [0.29, 0.717) is 24.5 Å². The Morgan fingerprint density at radius 2 is 2.50 bits per heavy atom. The van der Waals surface area contributed by atoms with Gasteiger partial charge in [0.15, 0.2) is 0 Å². The lowest BCUT2D eigenvalue weighted by molar-refractivity contribution is 0.358. The zero-order valence-electron chi connectivity index (χ0n) is 7.42. The van der Waals surface area contributed by atoms with Gasteiger partial charge in [-0.3, -0.25) is 0 Å². The summed E-state index contributed by atoms with van der Waals surface area (Å²) in [4.78, 5) is 0. The first-order chi connectivity index (χ1) is 5.77. The lowest BCUT2D eigenvalue weighted by Gasteiger charge is -2.10. The van der Waals surface area contributed by atoms with Crippen LogP contribution in [0.2, 0.25) is 0 Å².